The van der Waals surface area contributed by atoms with E-state index in [4.69, 9.17) is 5.21 Å². The van der Waals surface area contributed by atoms with Gasteiger partial charge in [0.2, 0.25) is 5.91 Å². The second-order valence-corrected chi connectivity index (χ2v) is 6.02. The first-order valence-electron chi connectivity index (χ1n) is 7.95. The van der Waals surface area contributed by atoms with Gasteiger partial charge < -0.3 is 15.5 Å². The zero-order chi connectivity index (χ0) is 16.2. The number of carbonyl (C=O) groups excluding carboxylic acids is 2. The minimum absolute atomic E-state index is 0.0933. The number of piperazine rings is 1. The van der Waals surface area contributed by atoms with Crippen molar-refractivity contribution < 1.29 is 14.8 Å². The Bertz CT molecular complexity index is 566. The molecule has 3 rings (SSSR count). The number of nitrogens with one attached hydrogen (secondary N) is 3. The molecule has 4 N–H and O–H groups in total. The van der Waals surface area contributed by atoms with Gasteiger partial charge in [0.15, 0.2) is 0 Å². The van der Waals surface area contributed by atoms with E-state index >= 15 is 0 Å². The van der Waals surface area contributed by atoms with Crippen LogP contribution in [0.4, 0.5) is 0 Å². The first-order valence-corrected chi connectivity index (χ1v) is 7.95. The van der Waals surface area contributed by atoms with Crippen LogP contribution in [0.3, 0.4) is 0 Å². The molecule has 7 nitrogen and oxygen atoms in total. The second kappa shape index (κ2) is 7.08. The van der Waals surface area contributed by atoms with Crippen molar-refractivity contribution in [2.24, 2.45) is 0 Å². The van der Waals surface area contributed by atoms with Crippen molar-refractivity contribution >= 4 is 11.8 Å². The Morgan fingerprint density at radius 2 is 1.83 bits per heavy atom. The highest BCUT2D eigenvalue weighted by Crippen LogP contribution is 2.27. The lowest BCUT2D eigenvalue weighted by molar-refractivity contribution is -0.140. The molecule has 0 saturated carbocycles. The molecule has 2 heterocycles. The average molecular weight is 318 g/mol. The summed E-state index contributed by atoms with van der Waals surface area (Å²) in [5, 5.41) is 14.9. The highest BCUT2D eigenvalue weighted by Gasteiger charge is 2.39. The summed E-state index contributed by atoms with van der Waals surface area (Å²) in [4.78, 5) is 26.3. The molecular weight excluding hydrogens is 296 g/mol. The molecular formula is C16H22N4O3. The number of rotatable bonds is 3. The van der Waals surface area contributed by atoms with E-state index in [-0.39, 0.29) is 5.91 Å². The van der Waals surface area contributed by atoms with Gasteiger partial charge in [-0.15, -0.1) is 0 Å². The van der Waals surface area contributed by atoms with Crippen molar-refractivity contribution in [2.75, 3.05) is 26.2 Å². The predicted molar refractivity (Wildman–Crippen MR) is 83.9 cm³/mol. The van der Waals surface area contributed by atoms with E-state index in [0.29, 0.717) is 32.1 Å². The van der Waals surface area contributed by atoms with Crippen LogP contribution in [0, 0.1) is 0 Å². The van der Waals surface area contributed by atoms with Crippen molar-refractivity contribution in [1.82, 2.24) is 21.0 Å². The fourth-order valence-corrected chi connectivity index (χ4v) is 3.39. The summed E-state index contributed by atoms with van der Waals surface area (Å²) in [6.45, 7) is 2.54. The van der Waals surface area contributed by atoms with Crippen LogP contribution in [0.25, 0.3) is 0 Å². The average Bonchev–Trinajstić information content (AvgIpc) is 3.11. The van der Waals surface area contributed by atoms with Gasteiger partial charge in [-0.3, -0.25) is 14.8 Å². The zero-order valence-corrected chi connectivity index (χ0v) is 12.9. The topological polar surface area (TPSA) is 93.7 Å². The normalized spacial score (nSPS) is 27.7. The molecule has 0 radical (unpaired) electrons. The van der Waals surface area contributed by atoms with Gasteiger partial charge in [0.25, 0.3) is 5.91 Å². The summed E-state index contributed by atoms with van der Waals surface area (Å²) in [5.74, 6) is -0.347. The van der Waals surface area contributed by atoms with E-state index in [9.17, 15) is 9.59 Å². The summed E-state index contributed by atoms with van der Waals surface area (Å²) in [5.41, 5.74) is 2.87. The monoisotopic (exact) mass is 318 g/mol. The van der Waals surface area contributed by atoms with Gasteiger partial charge in [-0.25, -0.2) is 5.48 Å². The van der Waals surface area contributed by atoms with Crippen LogP contribution in [-0.4, -0.2) is 60.2 Å². The quantitative estimate of drug-likeness (QED) is 0.443. The molecule has 2 amide bonds. The lowest BCUT2D eigenvalue weighted by Gasteiger charge is -2.33. The number of amides is 2. The largest absolute Gasteiger partial charge is 0.341 e. The van der Waals surface area contributed by atoms with Crippen LogP contribution in [0.2, 0.25) is 0 Å². The maximum atomic E-state index is 12.8. The van der Waals surface area contributed by atoms with Gasteiger partial charge in [0, 0.05) is 32.1 Å². The first-order chi connectivity index (χ1) is 11.2. The third-order valence-corrected chi connectivity index (χ3v) is 4.62. The Morgan fingerprint density at radius 3 is 2.52 bits per heavy atom. The minimum Gasteiger partial charge on any atom is -0.341 e. The number of hydrogen-bond donors (Lipinski definition) is 4. The lowest BCUT2D eigenvalue weighted by atomic mass is 9.99. The Morgan fingerprint density at radius 1 is 1.13 bits per heavy atom. The smallest absolute Gasteiger partial charge is 0.262 e. The molecule has 7 heteroatoms. The third-order valence-electron chi connectivity index (χ3n) is 4.62. The molecule has 0 aromatic heterocycles. The van der Waals surface area contributed by atoms with Crippen molar-refractivity contribution in [3.63, 3.8) is 0 Å². The van der Waals surface area contributed by atoms with Gasteiger partial charge in [-0.05, 0) is 12.0 Å². The van der Waals surface area contributed by atoms with Crippen LogP contribution in [0.1, 0.15) is 17.9 Å². The molecule has 2 aliphatic rings. The van der Waals surface area contributed by atoms with Gasteiger partial charge in [0.1, 0.15) is 12.1 Å². The van der Waals surface area contributed by atoms with Gasteiger partial charge in [-0.2, -0.15) is 0 Å². The number of carbonyl (C=O) groups is 2. The van der Waals surface area contributed by atoms with Crippen LogP contribution in [0.5, 0.6) is 0 Å². The standard InChI is InChI=1S/C16H22N4O3/c21-15(19-23)13-14(18-8-7-17-13)16(22)20-9-6-12(10-20)11-4-2-1-3-5-11/h1-5,12-14,17-18,23H,6-10H2,(H,19,21). The van der Waals surface area contributed by atoms with E-state index in [0.717, 1.165) is 6.42 Å². The molecule has 3 atom stereocenters. The molecule has 23 heavy (non-hydrogen) atoms. The fourth-order valence-electron chi connectivity index (χ4n) is 3.39. The molecule has 1 aromatic carbocycles. The molecule has 3 unspecified atom stereocenters. The third kappa shape index (κ3) is 3.36. The lowest BCUT2D eigenvalue weighted by Crippen LogP contribution is -2.66. The van der Waals surface area contributed by atoms with Gasteiger partial charge in [-0.1, -0.05) is 30.3 Å². The maximum Gasteiger partial charge on any atom is 0.262 e. The molecule has 124 valence electrons. The van der Waals surface area contributed by atoms with Crippen LogP contribution < -0.4 is 16.1 Å². The number of benzene rings is 1. The summed E-state index contributed by atoms with van der Waals surface area (Å²) >= 11 is 0. The van der Waals surface area contributed by atoms with Gasteiger partial charge >= 0.3 is 0 Å². The Balaban J connectivity index is 1.67. The fraction of sp³-hybridized carbons (Fsp3) is 0.500. The van der Waals surface area contributed by atoms with Crippen LogP contribution in [0.15, 0.2) is 30.3 Å². The number of likely N-dealkylation sites (tertiary alicyclic amines) is 1. The van der Waals surface area contributed by atoms with E-state index in [2.05, 4.69) is 22.8 Å². The van der Waals surface area contributed by atoms with Crippen LogP contribution >= 0.6 is 0 Å². The molecule has 0 aliphatic carbocycles. The SMILES string of the molecule is O=C(NO)C1NCCNC1C(=O)N1CCC(c2ccccc2)C1. The molecule has 0 bridgehead atoms. The summed E-state index contributed by atoms with van der Waals surface area (Å²) in [6.07, 6.45) is 0.923. The molecule has 1 aromatic rings. The zero-order valence-electron chi connectivity index (χ0n) is 12.9. The summed E-state index contributed by atoms with van der Waals surface area (Å²) in [6, 6.07) is 8.77. The molecule has 2 fully saturated rings. The Labute approximate surface area is 135 Å². The number of hydrogen-bond acceptors (Lipinski definition) is 5. The molecule has 0 spiro atoms. The highest BCUT2D eigenvalue weighted by molar-refractivity contribution is 5.92. The highest BCUT2D eigenvalue weighted by atomic mass is 16.5. The van der Waals surface area contributed by atoms with E-state index in [1.807, 2.05) is 18.2 Å². The van der Waals surface area contributed by atoms with Crippen molar-refractivity contribution in [3.8, 4) is 0 Å². The Hall–Kier alpha value is -1.96. The van der Waals surface area contributed by atoms with Gasteiger partial charge in [0.05, 0.1) is 0 Å². The minimum atomic E-state index is -0.753. The maximum absolute atomic E-state index is 12.8. The van der Waals surface area contributed by atoms with E-state index in [1.54, 1.807) is 10.4 Å². The van der Waals surface area contributed by atoms with Crippen LogP contribution in [-0.2, 0) is 9.59 Å². The Kier molecular flexibility index (Phi) is 4.90. The predicted octanol–water partition coefficient (Wildman–Crippen LogP) is -0.562. The first kappa shape index (κ1) is 15.9. The second-order valence-electron chi connectivity index (χ2n) is 6.02. The van der Waals surface area contributed by atoms with Crippen molar-refractivity contribution in [2.45, 2.75) is 24.4 Å². The molecule has 2 aliphatic heterocycles. The molecule has 2 saturated heterocycles. The summed E-state index contributed by atoms with van der Waals surface area (Å²) in [7, 11) is 0. The van der Waals surface area contributed by atoms with Crippen molar-refractivity contribution in [3.05, 3.63) is 35.9 Å². The van der Waals surface area contributed by atoms with E-state index in [1.165, 1.54) is 5.56 Å². The van der Waals surface area contributed by atoms with E-state index < -0.39 is 18.0 Å². The summed E-state index contributed by atoms with van der Waals surface area (Å²) < 4.78 is 0. The number of nitrogens with zero attached hydrogens (tertiary/aromatic N) is 1. The number of hydroxylamine groups is 1. The van der Waals surface area contributed by atoms with Crippen molar-refractivity contribution in [1.29, 1.82) is 0 Å².